The lowest BCUT2D eigenvalue weighted by molar-refractivity contribution is -0.136. The summed E-state index contributed by atoms with van der Waals surface area (Å²) in [4.78, 5) is 21.8. The van der Waals surface area contributed by atoms with Gasteiger partial charge in [-0.1, -0.05) is 30.8 Å². The molecule has 1 aromatic heterocycles. The summed E-state index contributed by atoms with van der Waals surface area (Å²) in [5.74, 6) is -0.381. The van der Waals surface area contributed by atoms with Gasteiger partial charge in [-0.3, -0.25) is 4.79 Å². The number of thiazole rings is 1. The fourth-order valence-electron chi connectivity index (χ4n) is 4.28. The Bertz CT molecular complexity index is 1030. The summed E-state index contributed by atoms with van der Waals surface area (Å²) in [5, 5.41) is 10.8. The molecule has 1 N–H and O–H groups in total. The molecule has 2 aliphatic heterocycles. The average molecular weight is 462 g/mol. The molecule has 5 nitrogen and oxygen atoms in total. The van der Waals surface area contributed by atoms with Crippen LogP contribution in [-0.2, 0) is 11.2 Å². The first-order valence-electron chi connectivity index (χ1n) is 10.3. The number of aliphatic hydroxyl groups is 1. The molecule has 8 heteroatoms. The first-order chi connectivity index (χ1) is 14.8. The molecule has 3 aliphatic rings. The van der Waals surface area contributed by atoms with E-state index in [0.717, 1.165) is 37.2 Å². The van der Waals surface area contributed by atoms with E-state index in [9.17, 15) is 14.3 Å². The highest BCUT2D eigenvalue weighted by Crippen LogP contribution is 2.35. The van der Waals surface area contributed by atoms with E-state index in [2.05, 4.69) is 18.1 Å². The van der Waals surface area contributed by atoms with Crippen molar-refractivity contribution in [1.29, 1.82) is 0 Å². The van der Waals surface area contributed by atoms with Gasteiger partial charge in [0.1, 0.15) is 16.6 Å². The molecule has 3 heterocycles. The van der Waals surface area contributed by atoms with Crippen LogP contribution in [0.2, 0.25) is 0 Å². The number of nitrogens with zero attached hydrogens (tertiary/aromatic N) is 3. The highest BCUT2D eigenvalue weighted by molar-refractivity contribution is 7.12. The molecule has 0 radical (unpaired) electrons. The van der Waals surface area contributed by atoms with Crippen molar-refractivity contribution >= 4 is 34.4 Å². The molecule has 1 aromatic rings. The van der Waals surface area contributed by atoms with Gasteiger partial charge in [0, 0.05) is 54.0 Å². The molecule has 4 rings (SSSR count). The number of aromatic nitrogens is 1. The van der Waals surface area contributed by atoms with Gasteiger partial charge in [0.15, 0.2) is 0 Å². The predicted molar refractivity (Wildman–Crippen MR) is 122 cm³/mol. The van der Waals surface area contributed by atoms with Gasteiger partial charge in [-0.2, -0.15) is 0 Å². The summed E-state index contributed by atoms with van der Waals surface area (Å²) < 4.78 is 14.3. The second kappa shape index (κ2) is 9.01. The molecule has 1 atom stereocenters. The molecule has 31 heavy (non-hydrogen) atoms. The summed E-state index contributed by atoms with van der Waals surface area (Å²) in [5.41, 5.74) is 1.65. The molecule has 0 aromatic carbocycles. The molecular weight excluding hydrogens is 437 g/mol. The lowest BCUT2D eigenvalue weighted by Gasteiger charge is -2.37. The van der Waals surface area contributed by atoms with Crippen molar-refractivity contribution < 1.29 is 14.3 Å². The van der Waals surface area contributed by atoms with Crippen LogP contribution in [0.3, 0.4) is 0 Å². The maximum absolute atomic E-state index is 14.3. The number of piperazine rings is 1. The molecular formula is C23H25ClFN3O2S. The van der Waals surface area contributed by atoms with Gasteiger partial charge in [-0.25, -0.2) is 9.37 Å². The Kier molecular flexibility index (Phi) is 6.34. The van der Waals surface area contributed by atoms with Crippen LogP contribution >= 0.6 is 22.9 Å². The van der Waals surface area contributed by atoms with E-state index >= 15 is 0 Å². The second-order valence-corrected chi connectivity index (χ2v) is 9.62. The third kappa shape index (κ3) is 4.62. The van der Waals surface area contributed by atoms with Crippen LogP contribution < -0.4 is 0 Å². The maximum Gasteiger partial charge on any atom is 0.242 e. The Morgan fingerprint density at radius 3 is 3.03 bits per heavy atom. The normalized spacial score (nSPS) is 22.0. The van der Waals surface area contributed by atoms with Crippen LogP contribution in [0, 0.1) is 0 Å². The number of rotatable bonds is 6. The van der Waals surface area contributed by atoms with Crippen LogP contribution in [0.25, 0.3) is 5.57 Å². The van der Waals surface area contributed by atoms with Crippen LogP contribution in [0.15, 0.2) is 59.4 Å². The first-order valence-corrected chi connectivity index (χ1v) is 11.5. The summed E-state index contributed by atoms with van der Waals surface area (Å²) in [7, 11) is 0. The molecule has 1 amide bonds. The highest BCUT2D eigenvalue weighted by Gasteiger charge is 2.35. The monoisotopic (exact) mass is 461 g/mol. The zero-order chi connectivity index (χ0) is 22.1. The SMILES string of the molecule is C=C(O)C(=C)/C(=C\N1CC(=O)N2CCCC2C1)c1ncc(CC2=C(F)C(Cl)=CCC2)s1. The van der Waals surface area contributed by atoms with E-state index in [4.69, 9.17) is 11.6 Å². The van der Waals surface area contributed by atoms with Gasteiger partial charge in [0.25, 0.3) is 0 Å². The van der Waals surface area contributed by atoms with Gasteiger partial charge < -0.3 is 14.9 Å². The third-order valence-corrected chi connectivity index (χ3v) is 7.28. The minimum absolute atomic E-state index is 0.113. The first kappa shape index (κ1) is 21.8. The molecule has 1 aliphatic carbocycles. The number of hydrogen-bond donors (Lipinski definition) is 1. The largest absolute Gasteiger partial charge is 0.508 e. The van der Waals surface area contributed by atoms with Crippen LogP contribution in [0.5, 0.6) is 0 Å². The van der Waals surface area contributed by atoms with Gasteiger partial charge in [-0.05, 0) is 31.3 Å². The lowest BCUT2D eigenvalue weighted by Crippen LogP contribution is -2.51. The number of fused-ring (bicyclic) bond motifs is 1. The third-order valence-electron chi connectivity index (χ3n) is 5.93. The zero-order valence-corrected chi connectivity index (χ0v) is 18.8. The number of hydrogen-bond acceptors (Lipinski definition) is 5. The van der Waals surface area contributed by atoms with Crippen molar-refractivity contribution in [3.8, 4) is 0 Å². The highest BCUT2D eigenvalue weighted by atomic mass is 35.5. The molecule has 164 valence electrons. The number of allylic oxidation sites excluding steroid dienone is 5. The molecule has 0 bridgehead atoms. The van der Waals surface area contributed by atoms with Crippen LogP contribution in [0.1, 0.15) is 35.6 Å². The Morgan fingerprint density at radius 1 is 1.45 bits per heavy atom. The quantitative estimate of drug-likeness (QED) is 0.473. The van der Waals surface area contributed by atoms with Crippen LogP contribution in [0.4, 0.5) is 4.39 Å². The fraction of sp³-hybridized carbons (Fsp3) is 0.391. The van der Waals surface area contributed by atoms with Crippen molar-refractivity contribution in [2.45, 2.75) is 38.1 Å². The molecule has 2 saturated heterocycles. The predicted octanol–water partition coefficient (Wildman–Crippen LogP) is 5.10. The van der Waals surface area contributed by atoms with Crippen molar-refractivity contribution in [3.63, 3.8) is 0 Å². The summed E-state index contributed by atoms with van der Waals surface area (Å²) in [6.45, 7) is 9.41. The van der Waals surface area contributed by atoms with Crippen molar-refractivity contribution in [1.82, 2.24) is 14.8 Å². The van der Waals surface area contributed by atoms with Crippen molar-refractivity contribution in [3.05, 3.63) is 69.3 Å². The minimum Gasteiger partial charge on any atom is -0.508 e. The minimum atomic E-state index is -0.347. The standard InChI is InChI=1S/C23H25ClFN3O2S/c1-14(15(2)29)19(12-27-11-17-6-4-8-28(17)21(30)13-27)23-26-10-18(31-23)9-16-5-3-7-20(24)22(16)25/h7,10,12,17,29H,1-6,8-9,11,13H2/b19-12+. The summed E-state index contributed by atoms with van der Waals surface area (Å²) in [6.07, 6.45) is 9.08. The zero-order valence-electron chi connectivity index (χ0n) is 17.2. The van der Waals surface area contributed by atoms with Gasteiger partial charge in [-0.15, -0.1) is 11.3 Å². The lowest BCUT2D eigenvalue weighted by atomic mass is 10.0. The smallest absolute Gasteiger partial charge is 0.242 e. The topological polar surface area (TPSA) is 56.7 Å². The van der Waals surface area contributed by atoms with E-state index in [1.165, 1.54) is 11.3 Å². The number of amides is 1. The van der Waals surface area contributed by atoms with Gasteiger partial charge in [0.05, 0.1) is 11.6 Å². The Labute approximate surface area is 190 Å². The molecule has 1 unspecified atom stereocenters. The van der Waals surface area contributed by atoms with Gasteiger partial charge in [0.2, 0.25) is 5.91 Å². The van der Waals surface area contributed by atoms with Crippen LogP contribution in [-0.4, -0.2) is 51.5 Å². The number of carbonyl (C=O) groups is 1. The van der Waals surface area contributed by atoms with E-state index in [1.807, 2.05) is 16.0 Å². The summed E-state index contributed by atoms with van der Waals surface area (Å²) in [6, 6.07) is 0.218. The summed E-state index contributed by atoms with van der Waals surface area (Å²) >= 11 is 7.35. The fourth-order valence-corrected chi connectivity index (χ4v) is 5.52. The number of aliphatic hydroxyl groups excluding tert-OH is 1. The van der Waals surface area contributed by atoms with E-state index in [1.54, 1.807) is 12.3 Å². The Hall–Kier alpha value is -2.38. The molecule has 0 saturated carbocycles. The number of halogens is 2. The Balaban J connectivity index is 1.59. The molecule has 0 spiro atoms. The molecule has 2 fully saturated rings. The van der Waals surface area contributed by atoms with Gasteiger partial charge >= 0.3 is 0 Å². The van der Waals surface area contributed by atoms with E-state index < -0.39 is 0 Å². The van der Waals surface area contributed by atoms with Crippen molar-refractivity contribution in [2.24, 2.45) is 0 Å². The maximum atomic E-state index is 14.3. The van der Waals surface area contributed by atoms with Crippen molar-refractivity contribution in [2.75, 3.05) is 19.6 Å². The second-order valence-electron chi connectivity index (χ2n) is 8.10. The van der Waals surface area contributed by atoms with E-state index in [0.29, 0.717) is 34.6 Å². The Morgan fingerprint density at radius 2 is 2.26 bits per heavy atom. The van der Waals surface area contributed by atoms with E-state index in [-0.39, 0.29) is 35.1 Å². The average Bonchev–Trinajstić information content (AvgIpc) is 3.39. The number of carbonyl (C=O) groups excluding carboxylic acids is 1.